The number of nitrogens with zero attached hydrogens (tertiary/aromatic N) is 2. The maximum atomic E-state index is 11.2. The van der Waals surface area contributed by atoms with Gasteiger partial charge in [0.2, 0.25) is 0 Å². The van der Waals surface area contributed by atoms with E-state index in [-0.39, 0.29) is 24.3 Å². The van der Waals surface area contributed by atoms with Gasteiger partial charge in [-0.05, 0) is 0 Å². The van der Waals surface area contributed by atoms with Crippen molar-refractivity contribution in [1.82, 2.24) is 15.5 Å². The van der Waals surface area contributed by atoms with E-state index >= 15 is 0 Å². The highest BCUT2D eigenvalue weighted by atomic mass is 16.2. The molecule has 2 fully saturated rings. The van der Waals surface area contributed by atoms with Gasteiger partial charge in [0.05, 0.1) is 6.42 Å². The minimum Gasteiger partial charge on any atom is -0.314 e. The predicted octanol–water partition coefficient (Wildman–Crippen LogP) is -1.68. The Hall–Kier alpha value is -0.940. The van der Waals surface area contributed by atoms with Gasteiger partial charge in [-0.3, -0.25) is 14.5 Å². The Bertz CT molecular complexity index is 236. The zero-order chi connectivity index (χ0) is 9.26. The zero-order valence-electron chi connectivity index (χ0n) is 7.32. The van der Waals surface area contributed by atoms with E-state index in [0.29, 0.717) is 0 Å². The molecule has 2 amide bonds. The number of piperazine rings is 1. The number of carbonyl (C=O) groups excluding carboxylic acids is 2. The molecule has 0 saturated carbocycles. The molecule has 2 heterocycles. The lowest BCUT2D eigenvalue weighted by atomic mass is 10.2. The maximum Gasteiger partial charge on any atom is 0.266 e. The number of amides is 2. The molecule has 2 aliphatic heterocycles. The van der Waals surface area contributed by atoms with E-state index in [4.69, 9.17) is 0 Å². The van der Waals surface area contributed by atoms with E-state index in [0.717, 1.165) is 26.2 Å². The Morgan fingerprint density at radius 3 is 2.54 bits per heavy atom. The Morgan fingerprint density at radius 2 is 2.00 bits per heavy atom. The summed E-state index contributed by atoms with van der Waals surface area (Å²) in [6, 6.07) is -0.269. The molecule has 0 aromatic carbocycles. The molecule has 1 radical (unpaired) electrons. The van der Waals surface area contributed by atoms with Crippen LogP contribution in [0.2, 0.25) is 0 Å². The Morgan fingerprint density at radius 1 is 1.31 bits per heavy atom. The first kappa shape index (κ1) is 8.65. The molecule has 5 heteroatoms. The monoisotopic (exact) mass is 182 g/mol. The molecule has 2 rings (SSSR count). The van der Waals surface area contributed by atoms with Crippen LogP contribution in [-0.2, 0) is 9.59 Å². The van der Waals surface area contributed by atoms with Crippen molar-refractivity contribution in [2.75, 3.05) is 26.2 Å². The fourth-order valence-corrected chi connectivity index (χ4v) is 1.77. The van der Waals surface area contributed by atoms with Gasteiger partial charge in [0.15, 0.2) is 0 Å². The van der Waals surface area contributed by atoms with E-state index in [2.05, 4.69) is 10.6 Å². The third kappa shape index (κ3) is 1.71. The molecule has 0 aromatic heterocycles. The van der Waals surface area contributed by atoms with Crippen molar-refractivity contribution in [3.8, 4) is 0 Å². The third-order valence-corrected chi connectivity index (χ3v) is 2.48. The molecule has 1 atom stereocenters. The molecule has 0 aromatic rings. The first-order chi connectivity index (χ1) is 6.27. The van der Waals surface area contributed by atoms with E-state index in [9.17, 15) is 9.59 Å². The van der Waals surface area contributed by atoms with Crippen molar-refractivity contribution in [1.29, 1.82) is 0 Å². The average molecular weight is 182 g/mol. The van der Waals surface area contributed by atoms with Gasteiger partial charge in [0.1, 0.15) is 6.04 Å². The van der Waals surface area contributed by atoms with Crippen LogP contribution >= 0.6 is 0 Å². The second-order valence-corrected chi connectivity index (χ2v) is 3.35. The molecule has 2 saturated heterocycles. The van der Waals surface area contributed by atoms with Crippen molar-refractivity contribution in [3.05, 3.63) is 0 Å². The Kier molecular flexibility index (Phi) is 2.28. The summed E-state index contributed by atoms with van der Waals surface area (Å²) < 4.78 is 0. The van der Waals surface area contributed by atoms with Crippen LogP contribution in [0.4, 0.5) is 0 Å². The predicted molar refractivity (Wildman–Crippen MR) is 45.0 cm³/mol. The maximum absolute atomic E-state index is 11.2. The highest BCUT2D eigenvalue weighted by Gasteiger charge is 2.37. The molecule has 0 bridgehead atoms. The topological polar surface area (TPSA) is 63.5 Å². The number of hydrogen-bond donors (Lipinski definition) is 1. The summed E-state index contributed by atoms with van der Waals surface area (Å²) in [4.78, 5) is 24.1. The van der Waals surface area contributed by atoms with Crippen LogP contribution in [0.3, 0.4) is 0 Å². The molecule has 0 spiro atoms. The lowest BCUT2D eigenvalue weighted by molar-refractivity contribution is -0.126. The SMILES string of the molecule is O=C1CC(N2CCNCC2)C(=O)[N]1. The summed E-state index contributed by atoms with van der Waals surface area (Å²) in [6.07, 6.45) is 0.277. The smallest absolute Gasteiger partial charge is 0.266 e. The Balaban J connectivity index is 1.99. The first-order valence-corrected chi connectivity index (χ1v) is 4.50. The summed E-state index contributed by atoms with van der Waals surface area (Å²) in [5.74, 6) is -0.527. The van der Waals surface area contributed by atoms with E-state index < -0.39 is 0 Å². The van der Waals surface area contributed by atoms with Crippen molar-refractivity contribution in [3.63, 3.8) is 0 Å². The first-order valence-electron chi connectivity index (χ1n) is 4.50. The quantitative estimate of drug-likeness (QED) is 0.492. The number of hydrogen-bond acceptors (Lipinski definition) is 4. The fourth-order valence-electron chi connectivity index (χ4n) is 1.77. The van der Waals surface area contributed by atoms with E-state index in [1.54, 1.807) is 0 Å². The average Bonchev–Trinajstić information content (AvgIpc) is 2.47. The Labute approximate surface area is 76.5 Å². The van der Waals surface area contributed by atoms with E-state index in [1.807, 2.05) is 4.90 Å². The van der Waals surface area contributed by atoms with Crippen LogP contribution in [0.1, 0.15) is 6.42 Å². The largest absolute Gasteiger partial charge is 0.314 e. The lowest BCUT2D eigenvalue weighted by Gasteiger charge is -2.30. The van der Waals surface area contributed by atoms with Gasteiger partial charge >= 0.3 is 0 Å². The molecule has 0 aliphatic carbocycles. The van der Waals surface area contributed by atoms with Gasteiger partial charge < -0.3 is 5.32 Å². The second kappa shape index (κ2) is 3.43. The molecule has 1 unspecified atom stereocenters. The van der Waals surface area contributed by atoms with Crippen molar-refractivity contribution >= 4 is 11.8 Å². The number of carbonyl (C=O) groups is 2. The lowest BCUT2D eigenvalue weighted by Crippen LogP contribution is -2.50. The highest BCUT2D eigenvalue weighted by Crippen LogP contribution is 2.12. The zero-order valence-corrected chi connectivity index (χ0v) is 7.32. The van der Waals surface area contributed by atoms with Gasteiger partial charge in [-0.2, -0.15) is 5.32 Å². The van der Waals surface area contributed by atoms with Crippen molar-refractivity contribution < 1.29 is 9.59 Å². The van der Waals surface area contributed by atoms with Gasteiger partial charge in [-0.15, -0.1) is 0 Å². The molecular formula is C8H12N3O2. The molecule has 2 aliphatic rings. The molecular weight excluding hydrogens is 170 g/mol. The van der Waals surface area contributed by atoms with Crippen molar-refractivity contribution in [2.45, 2.75) is 12.5 Å². The number of nitrogens with one attached hydrogen (secondary N) is 1. The third-order valence-electron chi connectivity index (χ3n) is 2.48. The minimum atomic E-state index is -0.270. The van der Waals surface area contributed by atoms with Crippen LogP contribution < -0.4 is 10.6 Å². The molecule has 71 valence electrons. The number of rotatable bonds is 1. The summed E-state index contributed by atoms with van der Waals surface area (Å²) in [5.41, 5.74) is 0. The van der Waals surface area contributed by atoms with Crippen LogP contribution in [0.15, 0.2) is 0 Å². The van der Waals surface area contributed by atoms with Crippen LogP contribution in [-0.4, -0.2) is 48.9 Å². The molecule has 5 nitrogen and oxygen atoms in total. The second-order valence-electron chi connectivity index (χ2n) is 3.35. The molecule has 13 heavy (non-hydrogen) atoms. The number of imide groups is 1. The fraction of sp³-hybridized carbons (Fsp3) is 0.750. The van der Waals surface area contributed by atoms with Gasteiger partial charge in [-0.25, -0.2) is 0 Å². The van der Waals surface area contributed by atoms with E-state index in [1.165, 1.54) is 0 Å². The van der Waals surface area contributed by atoms with Gasteiger partial charge in [0.25, 0.3) is 11.8 Å². The minimum absolute atomic E-state index is 0.257. The summed E-state index contributed by atoms with van der Waals surface area (Å²) in [5, 5.41) is 6.60. The summed E-state index contributed by atoms with van der Waals surface area (Å²) in [6.45, 7) is 3.44. The normalized spacial score (nSPS) is 30.6. The molecule has 1 N–H and O–H groups in total. The van der Waals surface area contributed by atoms with Crippen LogP contribution in [0, 0.1) is 0 Å². The standard InChI is InChI=1S/C8H12N3O2/c12-7-5-6(8(13)10-7)11-3-1-9-2-4-11/h6,9H,1-5H2. The van der Waals surface area contributed by atoms with Crippen molar-refractivity contribution in [2.24, 2.45) is 0 Å². The highest BCUT2D eigenvalue weighted by molar-refractivity contribution is 6.05. The van der Waals surface area contributed by atoms with Gasteiger partial charge in [-0.1, -0.05) is 0 Å². The van der Waals surface area contributed by atoms with Crippen LogP contribution in [0.5, 0.6) is 0 Å². The van der Waals surface area contributed by atoms with Gasteiger partial charge in [0, 0.05) is 26.2 Å². The summed E-state index contributed by atoms with van der Waals surface area (Å²) >= 11 is 0. The summed E-state index contributed by atoms with van der Waals surface area (Å²) in [7, 11) is 0. The van der Waals surface area contributed by atoms with Crippen LogP contribution in [0.25, 0.3) is 0 Å².